The lowest BCUT2D eigenvalue weighted by atomic mass is 10.2. The van der Waals surface area contributed by atoms with E-state index in [4.69, 9.17) is 9.26 Å². The molecule has 0 saturated heterocycles. The van der Waals surface area contributed by atoms with Gasteiger partial charge in [-0.3, -0.25) is 4.57 Å². The third kappa shape index (κ3) is 4.04. The number of carbonyl (C=O) groups excluding carboxylic acids is 1. The molecule has 28 heavy (non-hydrogen) atoms. The van der Waals surface area contributed by atoms with Gasteiger partial charge in [0.25, 0.3) is 0 Å². The van der Waals surface area contributed by atoms with Crippen LogP contribution in [0.15, 0.2) is 54.6 Å². The Morgan fingerprint density at radius 3 is 2.36 bits per heavy atom. The third-order valence-electron chi connectivity index (χ3n) is 4.36. The van der Waals surface area contributed by atoms with Crippen molar-refractivity contribution in [3.05, 3.63) is 70.6 Å². The van der Waals surface area contributed by atoms with Gasteiger partial charge in [0.2, 0.25) is 0 Å². The van der Waals surface area contributed by atoms with Gasteiger partial charge in [0.05, 0.1) is 18.1 Å². The third-order valence-corrected chi connectivity index (χ3v) is 7.71. The summed E-state index contributed by atoms with van der Waals surface area (Å²) in [4.78, 5) is 13.5. The molecule has 0 fully saturated rings. The molecule has 1 aromatic heterocycles. The van der Waals surface area contributed by atoms with Crippen molar-refractivity contribution in [2.45, 2.75) is 13.8 Å². The standard InChI is InChI=1S/C21H22NO4PS/c1-14-10-11-18(15(2)12-14)27(24,26-4)22-17-13-19(16-8-6-5-7-9-16)28-20(17)21(23)25-3/h5-13H,1-4H3,(H,22,24). The van der Waals surface area contributed by atoms with Crippen LogP contribution < -0.4 is 10.4 Å². The van der Waals surface area contributed by atoms with Gasteiger partial charge in [-0.25, -0.2) is 4.79 Å². The fraction of sp³-hybridized carbons (Fsp3) is 0.190. The topological polar surface area (TPSA) is 64.6 Å². The first kappa shape index (κ1) is 20.3. The van der Waals surface area contributed by atoms with Crippen molar-refractivity contribution < 1.29 is 18.6 Å². The second-order valence-electron chi connectivity index (χ2n) is 6.35. The Labute approximate surface area is 168 Å². The van der Waals surface area contributed by atoms with Crippen molar-refractivity contribution in [3.8, 4) is 10.4 Å². The molecule has 0 radical (unpaired) electrons. The molecular formula is C21H22NO4PS. The zero-order chi connectivity index (χ0) is 20.3. The van der Waals surface area contributed by atoms with E-state index in [9.17, 15) is 9.36 Å². The van der Waals surface area contributed by atoms with Crippen LogP contribution in [0.4, 0.5) is 5.69 Å². The summed E-state index contributed by atoms with van der Waals surface area (Å²) in [5.41, 5.74) is 3.32. The number of hydrogen-bond acceptors (Lipinski definition) is 5. The second-order valence-corrected chi connectivity index (χ2v) is 9.57. The maximum absolute atomic E-state index is 13.6. The zero-order valence-electron chi connectivity index (χ0n) is 16.2. The van der Waals surface area contributed by atoms with Crippen LogP contribution in [0.25, 0.3) is 10.4 Å². The molecule has 0 aliphatic rings. The highest BCUT2D eigenvalue weighted by Gasteiger charge is 2.30. The highest BCUT2D eigenvalue weighted by Crippen LogP contribution is 2.48. The highest BCUT2D eigenvalue weighted by molar-refractivity contribution is 7.68. The molecular weight excluding hydrogens is 393 g/mol. The van der Waals surface area contributed by atoms with E-state index < -0.39 is 13.5 Å². The van der Waals surface area contributed by atoms with E-state index >= 15 is 0 Å². The van der Waals surface area contributed by atoms with E-state index in [1.807, 2.05) is 56.3 Å². The zero-order valence-corrected chi connectivity index (χ0v) is 17.9. The van der Waals surface area contributed by atoms with Crippen molar-refractivity contribution >= 4 is 35.8 Å². The first-order valence-corrected chi connectivity index (χ1v) is 11.1. The molecule has 146 valence electrons. The Bertz CT molecular complexity index is 1050. The van der Waals surface area contributed by atoms with Crippen LogP contribution in [0, 0.1) is 13.8 Å². The van der Waals surface area contributed by atoms with Crippen LogP contribution in [-0.4, -0.2) is 20.2 Å². The summed E-state index contributed by atoms with van der Waals surface area (Å²) >= 11 is 1.28. The first-order chi connectivity index (χ1) is 13.4. The Hall–Kier alpha value is -2.40. The predicted molar refractivity (Wildman–Crippen MR) is 115 cm³/mol. The minimum Gasteiger partial charge on any atom is -0.465 e. The molecule has 1 unspecified atom stereocenters. The summed E-state index contributed by atoms with van der Waals surface area (Å²) < 4.78 is 24.0. The average Bonchev–Trinajstić information content (AvgIpc) is 3.11. The summed E-state index contributed by atoms with van der Waals surface area (Å²) in [6.45, 7) is 3.86. The number of anilines is 1. The minimum absolute atomic E-state index is 0.350. The van der Waals surface area contributed by atoms with E-state index in [0.717, 1.165) is 21.6 Å². The van der Waals surface area contributed by atoms with Crippen molar-refractivity contribution in [1.29, 1.82) is 0 Å². The molecule has 2 aromatic carbocycles. The monoisotopic (exact) mass is 415 g/mol. The fourth-order valence-corrected chi connectivity index (χ4v) is 5.78. The van der Waals surface area contributed by atoms with E-state index in [-0.39, 0.29) is 0 Å². The largest absolute Gasteiger partial charge is 0.465 e. The molecule has 0 amide bonds. The lowest BCUT2D eigenvalue weighted by Gasteiger charge is -2.20. The number of aryl methyl sites for hydroxylation is 2. The van der Waals surface area contributed by atoms with Crippen LogP contribution in [0.2, 0.25) is 0 Å². The van der Waals surface area contributed by atoms with Crippen LogP contribution in [-0.2, 0) is 13.8 Å². The molecule has 0 bridgehead atoms. The number of rotatable bonds is 6. The smallest absolute Gasteiger partial charge is 0.350 e. The Balaban J connectivity index is 2.07. The van der Waals surface area contributed by atoms with Crippen molar-refractivity contribution in [1.82, 2.24) is 0 Å². The number of thiophene rings is 1. The van der Waals surface area contributed by atoms with E-state index in [1.165, 1.54) is 25.6 Å². The Morgan fingerprint density at radius 2 is 1.75 bits per heavy atom. The normalized spacial score (nSPS) is 13.0. The molecule has 1 N–H and O–H groups in total. The van der Waals surface area contributed by atoms with Crippen molar-refractivity contribution in [2.24, 2.45) is 0 Å². The van der Waals surface area contributed by atoms with Crippen molar-refractivity contribution in [3.63, 3.8) is 0 Å². The summed E-state index contributed by atoms with van der Waals surface area (Å²) in [5.74, 6) is -0.488. The number of ether oxygens (including phenoxy) is 1. The summed E-state index contributed by atoms with van der Waals surface area (Å²) in [5, 5.41) is 3.57. The number of hydrogen-bond donors (Lipinski definition) is 1. The van der Waals surface area contributed by atoms with Gasteiger partial charge in [-0.15, -0.1) is 11.3 Å². The molecule has 0 spiro atoms. The maximum Gasteiger partial charge on any atom is 0.350 e. The van der Waals surface area contributed by atoms with Crippen molar-refractivity contribution in [2.75, 3.05) is 19.3 Å². The fourth-order valence-electron chi connectivity index (χ4n) is 2.96. The lowest BCUT2D eigenvalue weighted by molar-refractivity contribution is 0.0607. The molecule has 1 heterocycles. The number of carbonyl (C=O) groups is 1. The van der Waals surface area contributed by atoms with Gasteiger partial charge in [0, 0.05) is 12.0 Å². The van der Waals surface area contributed by atoms with Gasteiger partial charge in [-0.05, 0) is 37.1 Å². The molecule has 0 aliphatic carbocycles. The SMILES string of the molecule is COC(=O)c1sc(-c2ccccc2)cc1NP(=O)(OC)c1ccc(C)cc1C. The number of nitrogens with one attached hydrogen (secondary N) is 1. The number of benzene rings is 2. The van der Waals surface area contributed by atoms with E-state index in [2.05, 4.69) is 5.09 Å². The molecule has 0 saturated carbocycles. The highest BCUT2D eigenvalue weighted by atomic mass is 32.1. The second kappa shape index (κ2) is 8.31. The summed E-state index contributed by atoms with van der Waals surface area (Å²) in [6.07, 6.45) is 0. The molecule has 5 nitrogen and oxygen atoms in total. The lowest BCUT2D eigenvalue weighted by Crippen LogP contribution is -2.17. The van der Waals surface area contributed by atoms with Gasteiger partial charge in [-0.1, -0.05) is 48.0 Å². The van der Waals surface area contributed by atoms with E-state index in [0.29, 0.717) is 15.9 Å². The number of esters is 1. The van der Waals surface area contributed by atoms with E-state index in [1.54, 1.807) is 12.1 Å². The summed E-state index contributed by atoms with van der Waals surface area (Å²) in [7, 11) is -0.713. The maximum atomic E-state index is 13.6. The molecule has 3 rings (SSSR count). The van der Waals surface area contributed by atoms with Crippen LogP contribution in [0.3, 0.4) is 0 Å². The molecule has 7 heteroatoms. The number of methoxy groups -OCH3 is 1. The van der Waals surface area contributed by atoms with Gasteiger partial charge in [-0.2, -0.15) is 0 Å². The summed E-state index contributed by atoms with van der Waals surface area (Å²) in [6, 6.07) is 17.1. The first-order valence-electron chi connectivity index (χ1n) is 8.67. The predicted octanol–water partition coefficient (Wildman–Crippen LogP) is 5.40. The molecule has 3 aromatic rings. The van der Waals surface area contributed by atoms with Gasteiger partial charge in [0.15, 0.2) is 0 Å². The van der Waals surface area contributed by atoms with Gasteiger partial charge >= 0.3 is 13.5 Å². The van der Waals surface area contributed by atoms with Gasteiger partial charge in [0.1, 0.15) is 4.88 Å². The van der Waals surface area contributed by atoms with Gasteiger partial charge < -0.3 is 14.3 Å². The van der Waals surface area contributed by atoms with Crippen LogP contribution in [0.1, 0.15) is 20.8 Å². The van der Waals surface area contributed by atoms with Crippen LogP contribution in [0.5, 0.6) is 0 Å². The molecule has 1 atom stereocenters. The quantitative estimate of drug-likeness (QED) is 0.432. The Morgan fingerprint density at radius 1 is 1.04 bits per heavy atom. The van der Waals surface area contributed by atoms with Crippen LogP contribution >= 0.6 is 18.9 Å². The average molecular weight is 415 g/mol. The Kier molecular flexibility index (Phi) is 6.04. The minimum atomic E-state index is -3.44. The molecule has 0 aliphatic heterocycles.